The molecule has 9 heteroatoms. The normalized spacial score (nSPS) is 11.6. The SMILES string of the molecule is COCOc1ccc(C(c2ccc(OCOC)cc2)c2c(C(=O)NCCN(C)C)n(CCN(C)C)c3ccccc23)cc1. The Morgan fingerprint density at radius 2 is 1.30 bits per heavy atom. The fourth-order valence-corrected chi connectivity index (χ4v) is 5.17. The molecule has 0 atom stereocenters. The molecule has 4 aromatic rings. The summed E-state index contributed by atoms with van der Waals surface area (Å²) >= 11 is 0. The Labute approximate surface area is 254 Å². The third kappa shape index (κ3) is 8.14. The number of carbonyl (C=O) groups is 1. The molecular formula is C34H44N4O5. The van der Waals surface area contributed by atoms with Crippen LogP contribution < -0.4 is 14.8 Å². The molecule has 1 aromatic heterocycles. The first-order valence-electron chi connectivity index (χ1n) is 14.5. The standard InChI is InChI=1S/C34H44N4O5/c1-36(2)20-19-35-34(39)33-32(29-9-7-8-10-30(29)38(33)22-21-37(3)4)31(25-11-15-27(16-12-25)42-23-40-5)26-13-17-28(18-14-26)43-24-41-6/h7-18,31H,19-24H2,1-6H3,(H,35,39). The van der Waals surface area contributed by atoms with Crippen LogP contribution in [0, 0.1) is 0 Å². The molecule has 9 nitrogen and oxygen atoms in total. The highest BCUT2D eigenvalue weighted by Gasteiger charge is 2.30. The zero-order valence-electron chi connectivity index (χ0n) is 26.1. The lowest BCUT2D eigenvalue weighted by molar-refractivity contribution is 0.0509. The van der Waals surface area contributed by atoms with Gasteiger partial charge in [-0.2, -0.15) is 0 Å². The Morgan fingerprint density at radius 1 is 0.767 bits per heavy atom. The molecule has 0 aliphatic carbocycles. The number of para-hydroxylation sites is 1. The van der Waals surface area contributed by atoms with Crippen molar-refractivity contribution >= 4 is 16.8 Å². The second-order valence-electron chi connectivity index (χ2n) is 11.0. The van der Waals surface area contributed by atoms with Crippen molar-refractivity contribution in [3.05, 3.63) is 95.2 Å². The molecule has 43 heavy (non-hydrogen) atoms. The lowest BCUT2D eigenvalue weighted by atomic mass is 9.83. The average molecular weight is 589 g/mol. The summed E-state index contributed by atoms with van der Waals surface area (Å²) in [5.74, 6) is 1.09. The Hall–Kier alpha value is -3.89. The molecule has 0 saturated carbocycles. The summed E-state index contributed by atoms with van der Waals surface area (Å²) in [6, 6.07) is 24.3. The van der Waals surface area contributed by atoms with Crippen LogP contribution in [0.5, 0.6) is 11.5 Å². The van der Waals surface area contributed by atoms with Gasteiger partial charge >= 0.3 is 0 Å². The molecule has 0 spiro atoms. The lowest BCUT2D eigenvalue weighted by Crippen LogP contribution is -2.34. The van der Waals surface area contributed by atoms with E-state index in [1.807, 2.05) is 64.6 Å². The van der Waals surface area contributed by atoms with Crippen LogP contribution in [0.1, 0.15) is 33.1 Å². The zero-order chi connectivity index (χ0) is 30.8. The van der Waals surface area contributed by atoms with E-state index >= 15 is 0 Å². The molecule has 1 heterocycles. The van der Waals surface area contributed by atoms with E-state index in [-0.39, 0.29) is 25.4 Å². The lowest BCUT2D eigenvalue weighted by Gasteiger charge is -2.22. The second kappa shape index (κ2) is 15.5. The summed E-state index contributed by atoms with van der Waals surface area (Å²) in [6.07, 6.45) is 0. The van der Waals surface area contributed by atoms with Crippen molar-refractivity contribution in [2.24, 2.45) is 0 Å². The van der Waals surface area contributed by atoms with Crippen molar-refractivity contribution in [2.45, 2.75) is 12.5 Å². The van der Waals surface area contributed by atoms with Gasteiger partial charge in [0.25, 0.3) is 5.91 Å². The van der Waals surface area contributed by atoms with Crippen LogP contribution in [0.25, 0.3) is 10.9 Å². The monoisotopic (exact) mass is 588 g/mol. The molecule has 4 rings (SSSR count). The first-order chi connectivity index (χ1) is 20.8. The van der Waals surface area contributed by atoms with Crippen LogP contribution >= 0.6 is 0 Å². The van der Waals surface area contributed by atoms with Gasteiger partial charge in [0.05, 0.1) is 0 Å². The summed E-state index contributed by atoms with van der Waals surface area (Å²) in [7, 11) is 11.3. The Kier molecular flexibility index (Phi) is 11.6. The van der Waals surface area contributed by atoms with Gasteiger partial charge < -0.3 is 38.6 Å². The van der Waals surface area contributed by atoms with E-state index in [0.717, 1.165) is 40.7 Å². The number of benzene rings is 3. The Balaban J connectivity index is 1.92. The minimum absolute atomic E-state index is 0.0862. The molecule has 0 aliphatic heterocycles. The first-order valence-corrected chi connectivity index (χ1v) is 14.5. The average Bonchev–Trinajstić information content (AvgIpc) is 3.33. The number of nitrogens with one attached hydrogen (secondary N) is 1. The topological polar surface area (TPSA) is 77.4 Å². The van der Waals surface area contributed by atoms with Crippen molar-refractivity contribution in [1.29, 1.82) is 0 Å². The smallest absolute Gasteiger partial charge is 0.268 e. The maximum absolute atomic E-state index is 14.2. The van der Waals surface area contributed by atoms with E-state index in [0.29, 0.717) is 30.3 Å². The molecule has 0 fully saturated rings. The summed E-state index contributed by atoms with van der Waals surface area (Å²) in [6.45, 7) is 3.09. The van der Waals surface area contributed by atoms with Crippen molar-refractivity contribution in [3.63, 3.8) is 0 Å². The van der Waals surface area contributed by atoms with E-state index in [9.17, 15) is 4.79 Å². The number of amides is 1. The summed E-state index contributed by atoms with van der Waals surface area (Å²) in [5.41, 5.74) is 4.74. The third-order valence-electron chi connectivity index (χ3n) is 7.24. The number of carbonyl (C=O) groups excluding carboxylic acids is 1. The highest BCUT2D eigenvalue weighted by Crippen LogP contribution is 2.41. The fourth-order valence-electron chi connectivity index (χ4n) is 5.17. The van der Waals surface area contributed by atoms with Gasteiger partial charge in [-0.25, -0.2) is 0 Å². The number of ether oxygens (including phenoxy) is 4. The number of hydrogen-bond donors (Lipinski definition) is 1. The number of fused-ring (bicyclic) bond motifs is 1. The van der Waals surface area contributed by atoms with Gasteiger partial charge in [0.15, 0.2) is 13.6 Å². The summed E-state index contributed by atoms with van der Waals surface area (Å²) < 4.78 is 23.7. The van der Waals surface area contributed by atoms with Gasteiger partial charge in [-0.1, -0.05) is 42.5 Å². The van der Waals surface area contributed by atoms with Gasteiger partial charge in [0, 0.05) is 62.8 Å². The zero-order valence-corrected chi connectivity index (χ0v) is 26.1. The molecule has 0 saturated heterocycles. The van der Waals surface area contributed by atoms with Crippen LogP contribution in [-0.2, 0) is 16.0 Å². The van der Waals surface area contributed by atoms with Crippen molar-refractivity contribution in [3.8, 4) is 11.5 Å². The molecule has 0 aliphatic rings. The molecule has 0 bridgehead atoms. The van der Waals surface area contributed by atoms with Crippen LogP contribution in [0.2, 0.25) is 0 Å². The van der Waals surface area contributed by atoms with Gasteiger partial charge in [0.1, 0.15) is 17.2 Å². The second-order valence-corrected chi connectivity index (χ2v) is 11.0. The molecule has 0 unspecified atom stereocenters. The van der Waals surface area contributed by atoms with Crippen molar-refractivity contribution < 1.29 is 23.7 Å². The summed E-state index contributed by atoms with van der Waals surface area (Å²) in [4.78, 5) is 18.4. The minimum Gasteiger partial charge on any atom is -0.468 e. The molecule has 1 amide bonds. The quantitative estimate of drug-likeness (QED) is 0.191. The highest BCUT2D eigenvalue weighted by atomic mass is 16.7. The molecule has 230 valence electrons. The minimum atomic E-state index is -0.243. The van der Waals surface area contributed by atoms with E-state index in [1.54, 1.807) is 14.2 Å². The van der Waals surface area contributed by atoms with Crippen LogP contribution in [0.4, 0.5) is 0 Å². The number of methoxy groups -OCH3 is 2. The van der Waals surface area contributed by atoms with Crippen molar-refractivity contribution in [2.75, 3.05) is 75.6 Å². The largest absolute Gasteiger partial charge is 0.468 e. The number of nitrogens with zero attached hydrogens (tertiary/aromatic N) is 3. The van der Waals surface area contributed by atoms with E-state index in [4.69, 9.17) is 18.9 Å². The fraction of sp³-hybridized carbons (Fsp3) is 0.382. The van der Waals surface area contributed by atoms with E-state index in [2.05, 4.69) is 56.1 Å². The Bertz CT molecular complexity index is 1400. The highest BCUT2D eigenvalue weighted by molar-refractivity contribution is 6.03. The van der Waals surface area contributed by atoms with Gasteiger partial charge in [0.2, 0.25) is 0 Å². The summed E-state index contributed by atoms with van der Waals surface area (Å²) in [5, 5.41) is 4.24. The predicted molar refractivity (Wildman–Crippen MR) is 170 cm³/mol. The molecule has 1 N–H and O–H groups in total. The number of hydrogen-bond acceptors (Lipinski definition) is 7. The molecule has 0 radical (unpaired) electrons. The first kappa shape index (κ1) is 32.0. The van der Waals surface area contributed by atoms with Crippen molar-refractivity contribution in [1.82, 2.24) is 19.7 Å². The number of rotatable bonds is 16. The van der Waals surface area contributed by atoms with Crippen LogP contribution in [0.15, 0.2) is 72.8 Å². The van der Waals surface area contributed by atoms with E-state index < -0.39 is 0 Å². The van der Waals surface area contributed by atoms with E-state index in [1.165, 1.54) is 0 Å². The van der Waals surface area contributed by atoms with Gasteiger partial charge in [-0.3, -0.25) is 4.79 Å². The maximum Gasteiger partial charge on any atom is 0.268 e. The van der Waals surface area contributed by atoms with Crippen LogP contribution in [0.3, 0.4) is 0 Å². The Morgan fingerprint density at radius 3 is 1.81 bits per heavy atom. The third-order valence-corrected chi connectivity index (χ3v) is 7.24. The number of aromatic nitrogens is 1. The predicted octanol–water partition coefficient (Wildman–Crippen LogP) is 4.64. The molecule has 3 aromatic carbocycles. The number of likely N-dealkylation sites (N-methyl/N-ethyl adjacent to an activating group) is 2. The van der Waals surface area contributed by atoms with Gasteiger partial charge in [-0.15, -0.1) is 0 Å². The molecular weight excluding hydrogens is 544 g/mol. The van der Waals surface area contributed by atoms with Gasteiger partial charge in [-0.05, 0) is 69.6 Å². The maximum atomic E-state index is 14.2. The van der Waals surface area contributed by atoms with Crippen LogP contribution in [-0.4, -0.2) is 95.9 Å².